The lowest BCUT2D eigenvalue weighted by atomic mass is 9.91. The summed E-state index contributed by atoms with van der Waals surface area (Å²) in [6.07, 6.45) is 4.82. The molecule has 1 spiro atoms. The third-order valence-electron chi connectivity index (χ3n) is 8.34. The maximum Gasteiger partial charge on any atom is 0.147 e. The summed E-state index contributed by atoms with van der Waals surface area (Å²) in [5.41, 5.74) is 4.53. The van der Waals surface area contributed by atoms with Crippen molar-refractivity contribution in [1.82, 2.24) is 25.2 Å². The normalized spacial score (nSPS) is 24.8. The van der Waals surface area contributed by atoms with Crippen LogP contribution in [-0.2, 0) is 22.4 Å². The van der Waals surface area contributed by atoms with Gasteiger partial charge < -0.3 is 24.6 Å². The summed E-state index contributed by atoms with van der Waals surface area (Å²) in [7, 11) is 0. The highest BCUT2D eigenvalue weighted by atomic mass is 16.5. The molecule has 2 aromatic heterocycles. The number of hydrogen-bond donors (Lipinski definition) is 1. The fourth-order valence-electron chi connectivity index (χ4n) is 6.64. The number of pyridine rings is 1. The monoisotopic (exact) mass is 526 g/mol. The van der Waals surface area contributed by atoms with E-state index in [1.165, 1.54) is 0 Å². The summed E-state index contributed by atoms with van der Waals surface area (Å²) in [5, 5.41) is 13.9. The highest BCUT2D eigenvalue weighted by Crippen LogP contribution is 2.34. The van der Waals surface area contributed by atoms with E-state index in [1.54, 1.807) is 6.20 Å². The number of likely N-dealkylation sites (tertiary alicyclic amines) is 1. The van der Waals surface area contributed by atoms with E-state index in [4.69, 9.17) is 14.5 Å². The lowest BCUT2D eigenvalue weighted by Gasteiger charge is -2.55. The van der Waals surface area contributed by atoms with Crippen LogP contribution in [0.4, 0.5) is 11.5 Å². The molecule has 3 saturated heterocycles. The van der Waals surface area contributed by atoms with E-state index in [9.17, 15) is 5.26 Å². The van der Waals surface area contributed by atoms with Gasteiger partial charge in [-0.25, -0.2) is 4.98 Å². The minimum absolute atomic E-state index is 0.0910. The number of fused-ring (bicyclic) bond motifs is 2. The average molecular weight is 527 g/mol. The van der Waals surface area contributed by atoms with Crippen molar-refractivity contribution < 1.29 is 9.47 Å². The van der Waals surface area contributed by atoms with Gasteiger partial charge in [-0.3, -0.25) is 14.9 Å². The molecule has 0 amide bonds. The number of nitrogens with one attached hydrogen (secondary N) is 1. The number of benzene rings is 1. The Morgan fingerprint density at radius 2 is 2.05 bits per heavy atom. The third kappa shape index (κ3) is 4.70. The van der Waals surface area contributed by atoms with E-state index in [0.29, 0.717) is 12.2 Å². The van der Waals surface area contributed by atoms with Gasteiger partial charge in [-0.05, 0) is 31.2 Å². The van der Waals surface area contributed by atoms with E-state index in [2.05, 4.69) is 55.1 Å². The van der Waals surface area contributed by atoms with Gasteiger partial charge in [0, 0.05) is 76.0 Å². The summed E-state index contributed by atoms with van der Waals surface area (Å²) in [6.45, 7) is 10.6. The zero-order valence-corrected chi connectivity index (χ0v) is 22.3. The fourth-order valence-corrected chi connectivity index (χ4v) is 6.64. The van der Waals surface area contributed by atoms with Crippen molar-refractivity contribution in [2.45, 2.75) is 37.7 Å². The molecule has 0 saturated carbocycles. The van der Waals surface area contributed by atoms with Crippen molar-refractivity contribution in [3.8, 4) is 6.07 Å². The molecule has 2 atom stereocenters. The first kappa shape index (κ1) is 24.7. The summed E-state index contributed by atoms with van der Waals surface area (Å²) in [4.78, 5) is 21.3. The predicted molar refractivity (Wildman–Crippen MR) is 148 cm³/mol. The van der Waals surface area contributed by atoms with E-state index in [1.807, 2.05) is 18.3 Å². The van der Waals surface area contributed by atoms with Gasteiger partial charge in [-0.15, -0.1) is 0 Å². The number of hydrogen-bond acceptors (Lipinski definition) is 10. The molecule has 3 fully saturated rings. The lowest BCUT2D eigenvalue weighted by Crippen LogP contribution is -2.71. The molecule has 0 radical (unpaired) electrons. The van der Waals surface area contributed by atoms with Crippen LogP contribution in [0.3, 0.4) is 0 Å². The topological polar surface area (TPSA) is 103 Å². The number of nitriles is 1. The lowest BCUT2D eigenvalue weighted by molar-refractivity contribution is -0.161. The number of anilines is 2. The number of ether oxygens (including phenoxy) is 2. The Hall–Kier alpha value is -3.36. The zero-order chi connectivity index (χ0) is 26.4. The zero-order valence-electron chi connectivity index (χ0n) is 22.3. The number of nitrogens with zero attached hydrogens (tertiary/aromatic N) is 7. The molecule has 202 valence electrons. The van der Waals surface area contributed by atoms with Gasteiger partial charge in [0.1, 0.15) is 17.5 Å². The Morgan fingerprint density at radius 3 is 2.95 bits per heavy atom. The average Bonchev–Trinajstić information content (AvgIpc) is 2.95. The van der Waals surface area contributed by atoms with Crippen molar-refractivity contribution >= 4 is 22.4 Å². The number of morpholine rings is 2. The molecular weight excluding hydrogens is 492 g/mol. The maximum atomic E-state index is 9.54. The van der Waals surface area contributed by atoms with Crippen LogP contribution in [0, 0.1) is 11.3 Å². The largest absolute Gasteiger partial charge is 0.370 e. The van der Waals surface area contributed by atoms with Crippen LogP contribution in [0.2, 0.25) is 0 Å². The molecule has 1 aromatic carbocycles. The Bertz CT molecular complexity index is 1420. The van der Waals surface area contributed by atoms with E-state index in [0.717, 1.165) is 99.1 Å². The maximum absolute atomic E-state index is 9.54. The van der Waals surface area contributed by atoms with Gasteiger partial charge in [0.25, 0.3) is 0 Å². The first-order chi connectivity index (χ1) is 19.1. The molecule has 3 aromatic rings. The third-order valence-corrected chi connectivity index (χ3v) is 8.34. The van der Waals surface area contributed by atoms with Crippen molar-refractivity contribution in [2.75, 3.05) is 68.8 Å². The van der Waals surface area contributed by atoms with Crippen LogP contribution in [0.5, 0.6) is 0 Å². The molecule has 39 heavy (non-hydrogen) atoms. The molecule has 4 aliphatic rings. The molecule has 1 N–H and O–H groups in total. The molecule has 7 rings (SSSR count). The Labute approximate surface area is 228 Å². The Morgan fingerprint density at radius 1 is 1.13 bits per heavy atom. The molecule has 4 aliphatic heterocycles. The molecule has 6 heterocycles. The van der Waals surface area contributed by atoms with Crippen LogP contribution in [0.25, 0.3) is 10.9 Å². The quantitative estimate of drug-likeness (QED) is 0.541. The summed E-state index contributed by atoms with van der Waals surface area (Å²) in [5.74, 6) is 0.973. The van der Waals surface area contributed by atoms with Crippen LogP contribution in [-0.4, -0.2) is 96.6 Å². The van der Waals surface area contributed by atoms with Crippen molar-refractivity contribution in [3.05, 3.63) is 53.6 Å². The van der Waals surface area contributed by atoms with E-state index >= 15 is 0 Å². The van der Waals surface area contributed by atoms with Crippen LogP contribution in [0.15, 0.2) is 36.7 Å². The van der Waals surface area contributed by atoms with E-state index < -0.39 is 0 Å². The van der Waals surface area contributed by atoms with E-state index in [-0.39, 0.29) is 17.8 Å². The minimum atomic E-state index is -0.160. The molecule has 0 unspecified atom stereocenters. The second-order valence-electron chi connectivity index (χ2n) is 11.3. The first-order valence-electron chi connectivity index (χ1n) is 13.9. The first-order valence-corrected chi connectivity index (χ1v) is 13.9. The van der Waals surface area contributed by atoms with Gasteiger partial charge in [-0.1, -0.05) is 0 Å². The van der Waals surface area contributed by atoms with Crippen molar-refractivity contribution in [1.29, 1.82) is 5.26 Å². The van der Waals surface area contributed by atoms with Gasteiger partial charge in [-0.2, -0.15) is 5.26 Å². The molecule has 0 bridgehead atoms. The smallest absolute Gasteiger partial charge is 0.147 e. The van der Waals surface area contributed by atoms with Gasteiger partial charge >= 0.3 is 0 Å². The van der Waals surface area contributed by atoms with Crippen LogP contribution >= 0.6 is 0 Å². The van der Waals surface area contributed by atoms with Gasteiger partial charge in [0.15, 0.2) is 0 Å². The van der Waals surface area contributed by atoms with Crippen molar-refractivity contribution in [3.63, 3.8) is 0 Å². The van der Waals surface area contributed by atoms with Crippen molar-refractivity contribution in [2.24, 2.45) is 0 Å². The minimum Gasteiger partial charge on any atom is -0.370 e. The van der Waals surface area contributed by atoms with Gasteiger partial charge in [0.2, 0.25) is 0 Å². The SMILES string of the molecule is C[C@@H]1CN(c2ccc(C#N)c3ncccc23)C[C@H](CN2CC3(C2)CN(c2cnc4c(n2)CCNC4)CCO3)O1. The fraction of sp³-hybridized carbons (Fsp3) is 0.517. The Kier molecular flexibility index (Phi) is 6.32. The number of rotatable bonds is 4. The van der Waals surface area contributed by atoms with Gasteiger partial charge in [0.05, 0.1) is 54.0 Å². The highest BCUT2D eigenvalue weighted by molar-refractivity contribution is 5.95. The second kappa shape index (κ2) is 9.99. The standard InChI is InChI=1S/C29H34N8O2/c1-20-14-37(26-5-4-21(11-30)28-23(26)3-2-7-32-28)16-22(39-20)15-35-17-29(18-35)19-36(9-10-38-29)27-13-33-25-12-31-8-6-24(25)34-27/h2-5,7,13,20,22,31H,6,8-10,12,14-19H2,1H3/t20-,22+/m1/s1. The summed E-state index contributed by atoms with van der Waals surface area (Å²) >= 11 is 0. The number of aromatic nitrogens is 3. The predicted octanol–water partition coefficient (Wildman–Crippen LogP) is 1.73. The highest BCUT2D eigenvalue weighted by Gasteiger charge is 2.48. The Balaban J connectivity index is 1.01. The summed E-state index contributed by atoms with van der Waals surface area (Å²) in [6, 6.07) is 10.2. The van der Waals surface area contributed by atoms with Crippen LogP contribution in [0.1, 0.15) is 23.9 Å². The molecular formula is C29H34N8O2. The molecule has 10 nitrogen and oxygen atoms in total. The second-order valence-corrected chi connectivity index (χ2v) is 11.3. The molecule has 0 aliphatic carbocycles. The van der Waals surface area contributed by atoms with Crippen LogP contribution < -0.4 is 15.1 Å². The summed E-state index contributed by atoms with van der Waals surface area (Å²) < 4.78 is 12.7. The molecule has 10 heteroatoms.